The number of hydrogen-bond acceptors (Lipinski definition) is 8. The van der Waals surface area contributed by atoms with Gasteiger partial charge in [0.15, 0.2) is 5.75 Å². The second-order valence-electron chi connectivity index (χ2n) is 10.5. The van der Waals surface area contributed by atoms with E-state index in [0.29, 0.717) is 30.1 Å². The third-order valence-corrected chi connectivity index (χ3v) is 7.63. The molecule has 2 aromatic rings. The summed E-state index contributed by atoms with van der Waals surface area (Å²) in [6, 6.07) is 15.5. The van der Waals surface area contributed by atoms with E-state index in [1.54, 1.807) is 72.5 Å². The van der Waals surface area contributed by atoms with E-state index in [0.717, 1.165) is 22.7 Å². The molecular weight excluding hydrogens is 546 g/mol. The number of carbonyl (C=O) groups is 2. The number of benzene rings is 2. The fourth-order valence-corrected chi connectivity index (χ4v) is 5.51. The zero-order valence-corrected chi connectivity index (χ0v) is 24.7. The normalized spacial score (nSPS) is 15.7. The van der Waals surface area contributed by atoms with Crippen molar-refractivity contribution in [2.75, 3.05) is 36.3 Å². The lowest BCUT2D eigenvalue weighted by molar-refractivity contribution is -0.139. The van der Waals surface area contributed by atoms with Crippen LogP contribution in [-0.4, -0.2) is 69.1 Å². The van der Waals surface area contributed by atoms with Crippen molar-refractivity contribution in [2.45, 2.75) is 52.2 Å². The van der Waals surface area contributed by atoms with Crippen LogP contribution in [0.4, 0.5) is 10.5 Å². The first-order chi connectivity index (χ1) is 19.4. The van der Waals surface area contributed by atoms with Crippen molar-refractivity contribution in [3.63, 3.8) is 0 Å². The fraction of sp³-hybridized carbons (Fsp3) is 0.433. The first kappa shape index (κ1) is 31.5. The van der Waals surface area contributed by atoms with Crippen molar-refractivity contribution in [1.82, 2.24) is 4.90 Å². The minimum atomic E-state index is -4.08. The lowest BCUT2D eigenvalue weighted by Crippen LogP contribution is -2.46. The van der Waals surface area contributed by atoms with Crippen LogP contribution >= 0.6 is 0 Å². The Morgan fingerprint density at radius 1 is 1.17 bits per heavy atom. The molecule has 0 radical (unpaired) electrons. The Morgan fingerprint density at radius 2 is 1.90 bits per heavy atom. The zero-order chi connectivity index (χ0) is 30.0. The highest BCUT2D eigenvalue weighted by Crippen LogP contribution is 2.25. The van der Waals surface area contributed by atoms with Gasteiger partial charge in [0.25, 0.3) is 0 Å². The topological polar surface area (TPSA) is 126 Å². The first-order valence-corrected chi connectivity index (χ1v) is 15.1. The van der Waals surface area contributed by atoms with Crippen molar-refractivity contribution < 1.29 is 32.2 Å². The summed E-state index contributed by atoms with van der Waals surface area (Å²) in [6.45, 7) is 8.07. The summed E-state index contributed by atoms with van der Waals surface area (Å²) in [5.74, 6) is -1.12. The fourth-order valence-electron chi connectivity index (χ4n) is 4.22. The molecule has 1 saturated heterocycles. The molecule has 0 saturated carbocycles. The summed E-state index contributed by atoms with van der Waals surface area (Å²) in [5, 5.41) is 9.12. The number of nitrogens with zero attached hydrogens (tertiary/aromatic N) is 3. The number of ether oxygens (including phenoxy) is 3. The molecule has 1 aliphatic rings. The third-order valence-electron chi connectivity index (χ3n) is 6.00. The molecule has 220 valence electrons. The number of amides is 1. The van der Waals surface area contributed by atoms with E-state index in [4.69, 9.17) is 19.5 Å². The van der Waals surface area contributed by atoms with Gasteiger partial charge in [-0.05, 0) is 82.5 Å². The van der Waals surface area contributed by atoms with Crippen LogP contribution in [0, 0.1) is 11.3 Å². The van der Waals surface area contributed by atoms with E-state index >= 15 is 0 Å². The molecule has 0 bridgehead atoms. The molecular formula is C30H37N3O7S. The van der Waals surface area contributed by atoms with Crippen LogP contribution in [0.25, 0.3) is 6.08 Å². The van der Waals surface area contributed by atoms with Crippen LogP contribution in [0.15, 0.2) is 54.6 Å². The van der Waals surface area contributed by atoms with E-state index in [1.807, 2.05) is 20.8 Å². The molecule has 3 rings (SSSR count). The number of sulfonamides is 1. The van der Waals surface area contributed by atoms with Gasteiger partial charge < -0.3 is 19.1 Å². The Hall–Kier alpha value is -4.04. The summed E-state index contributed by atoms with van der Waals surface area (Å²) in [6.07, 6.45) is 4.28. The number of piperidine rings is 1. The number of anilines is 1. The average molecular weight is 584 g/mol. The number of hydrogen-bond donors (Lipinski definition) is 0. The van der Waals surface area contributed by atoms with E-state index in [-0.39, 0.29) is 25.3 Å². The number of carbonyl (C=O) groups excluding carboxylic acids is 2. The van der Waals surface area contributed by atoms with Gasteiger partial charge in [-0.25, -0.2) is 13.2 Å². The molecule has 1 atom stereocenters. The maximum absolute atomic E-state index is 13.2. The number of likely N-dealkylation sites (tertiary alicyclic amines) is 1. The summed E-state index contributed by atoms with van der Waals surface area (Å²) in [4.78, 5) is 26.2. The molecule has 0 aliphatic carbocycles. The highest BCUT2D eigenvalue weighted by molar-refractivity contribution is 7.93. The molecule has 2 aromatic carbocycles. The van der Waals surface area contributed by atoms with Crippen LogP contribution in [0.5, 0.6) is 5.75 Å². The highest BCUT2D eigenvalue weighted by Gasteiger charge is 2.29. The van der Waals surface area contributed by atoms with Gasteiger partial charge in [-0.1, -0.05) is 24.3 Å². The van der Waals surface area contributed by atoms with E-state index in [1.165, 1.54) is 0 Å². The molecule has 1 amide bonds. The van der Waals surface area contributed by atoms with Crippen LogP contribution in [0.2, 0.25) is 0 Å². The summed E-state index contributed by atoms with van der Waals surface area (Å²) < 4.78 is 44.0. The van der Waals surface area contributed by atoms with Gasteiger partial charge in [-0.3, -0.25) is 9.10 Å². The molecule has 11 heteroatoms. The molecule has 0 aromatic heterocycles. The van der Waals surface area contributed by atoms with E-state index in [2.05, 4.69) is 6.07 Å². The SMILES string of the molecule is CCOC(=O)CS(=O)(=O)N(C/C=C/c1cccc(C#N)c1)c1ccc(OC2CCCN(C(=O)OC(C)(C)C)C2)cc1. The molecule has 0 spiro atoms. The minimum Gasteiger partial charge on any atom is -0.489 e. The molecule has 0 N–H and O–H groups in total. The zero-order valence-electron chi connectivity index (χ0n) is 23.9. The Kier molecular flexibility index (Phi) is 10.8. The maximum Gasteiger partial charge on any atom is 0.410 e. The maximum atomic E-state index is 13.2. The van der Waals surface area contributed by atoms with Crippen molar-refractivity contribution in [2.24, 2.45) is 0 Å². The smallest absolute Gasteiger partial charge is 0.410 e. The van der Waals surface area contributed by atoms with Gasteiger partial charge in [0.2, 0.25) is 10.0 Å². The lowest BCUT2D eigenvalue weighted by Gasteiger charge is -2.34. The molecule has 1 unspecified atom stereocenters. The first-order valence-electron chi connectivity index (χ1n) is 13.5. The monoisotopic (exact) mass is 583 g/mol. The number of nitriles is 1. The van der Waals surface area contributed by atoms with E-state index in [9.17, 15) is 18.0 Å². The van der Waals surface area contributed by atoms with Gasteiger partial charge >= 0.3 is 12.1 Å². The van der Waals surface area contributed by atoms with E-state index < -0.39 is 27.3 Å². The third kappa shape index (κ3) is 9.83. The predicted octanol–water partition coefficient (Wildman–Crippen LogP) is 4.75. The number of rotatable bonds is 10. The van der Waals surface area contributed by atoms with Gasteiger partial charge in [-0.15, -0.1) is 0 Å². The van der Waals surface area contributed by atoms with Crippen LogP contribution in [0.1, 0.15) is 51.7 Å². The standard InChI is InChI=1S/C30H37N3O7S/c1-5-38-28(34)22-41(36,37)33(18-7-11-23-9-6-10-24(19-23)20-31)25-13-15-26(16-14-25)39-27-12-8-17-32(21-27)29(35)40-30(2,3)4/h6-7,9-11,13-16,19,27H,5,8,12,17-18,21-22H2,1-4H3/b11-7+. The van der Waals surface area contributed by atoms with Crippen molar-refractivity contribution >= 4 is 33.8 Å². The highest BCUT2D eigenvalue weighted by atomic mass is 32.2. The quantitative estimate of drug-likeness (QED) is 0.367. The summed E-state index contributed by atoms with van der Waals surface area (Å²) >= 11 is 0. The van der Waals surface area contributed by atoms with Gasteiger partial charge in [0, 0.05) is 6.54 Å². The molecule has 1 aliphatic heterocycles. The Labute approximate surface area is 242 Å². The van der Waals surface area contributed by atoms with Gasteiger partial charge in [0.1, 0.15) is 17.5 Å². The number of esters is 1. The molecule has 1 heterocycles. The second-order valence-corrected chi connectivity index (χ2v) is 12.4. The molecule has 10 nitrogen and oxygen atoms in total. The van der Waals surface area contributed by atoms with Crippen molar-refractivity contribution in [1.29, 1.82) is 5.26 Å². The van der Waals surface area contributed by atoms with Crippen LogP contribution in [-0.2, 0) is 24.3 Å². The molecule has 41 heavy (non-hydrogen) atoms. The average Bonchev–Trinajstić information content (AvgIpc) is 2.91. The second kappa shape index (κ2) is 14.0. The van der Waals surface area contributed by atoms with Crippen LogP contribution < -0.4 is 9.04 Å². The van der Waals surface area contributed by atoms with Gasteiger partial charge in [0.05, 0.1) is 37.0 Å². The van der Waals surface area contributed by atoms with Crippen molar-refractivity contribution in [3.05, 3.63) is 65.7 Å². The van der Waals surface area contributed by atoms with Crippen LogP contribution in [0.3, 0.4) is 0 Å². The largest absolute Gasteiger partial charge is 0.489 e. The molecule has 1 fully saturated rings. The Bertz CT molecular complexity index is 1380. The lowest BCUT2D eigenvalue weighted by atomic mass is 10.1. The predicted molar refractivity (Wildman–Crippen MR) is 156 cm³/mol. The summed E-state index contributed by atoms with van der Waals surface area (Å²) in [5.41, 5.74) is 0.983. The Morgan fingerprint density at radius 3 is 2.56 bits per heavy atom. The van der Waals surface area contributed by atoms with Gasteiger partial charge in [-0.2, -0.15) is 5.26 Å². The Balaban J connectivity index is 1.75. The summed E-state index contributed by atoms with van der Waals surface area (Å²) in [7, 11) is -4.08. The minimum absolute atomic E-state index is 0.0494. The van der Waals surface area contributed by atoms with Crippen molar-refractivity contribution in [3.8, 4) is 11.8 Å².